The Morgan fingerprint density at radius 2 is 1.71 bits per heavy atom. The van der Waals surface area contributed by atoms with E-state index in [1.54, 1.807) is 0 Å². The molecule has 1 fully saturated rings. The summed E-state index contributed by atoms with van der Waals surface area (Å²) in [6.45, 7) is 1.55. The fourth-order valence-corrected chi connectivity index (χ4v) is 3.55. The van der Waals surface area contributed by atoms with Crippen LogP contribution in [-0.2, 0) is 0 Å². The zero-order valence-corrected chi connectivity index (χ0v) is 15.3. The van der Waals surface area contributed by atoms with E-state index in [1.807, 2.05) is 53.3 Å². The van der Waals surface area contributed by atoms with E-state index in [2.05, 4.69) is 21.4 Å². The minimum absolute atomic E-state index is 0.0218. The summed E-state index contributed by atoms with van der Waals surface area (Å²) in [7, 11) is 1.86. The summed E-state index contributed by atoms with van der Waals surface area (Å²) in [6, 6.07) is 13.8. The van der Waals surface area contributed by atoms with Crippen LogP contribution in [0.2, 0.25) is 0 Å². The molecule has 0 bridgehead atoms. The van der Waals surface area contributed by atoms with E-state index in [4.69, 9.17) is 0 Å². The molecule has 1 aromatic heterocycles. The molecule has 0 amide bonds. The van der Waals surface area contributed by atoms with E-state index in [-0.39, 0.29) is 17.0 Å². The van der Waals surface area contributed by atoms with Crippen LogP contribution in [0.1, 0.15) is 29.9 Å². The van der Waals surface area contributed by atoms with E-state index in [9.17, 15) is 15.8 Å². The predicted molar refractivity (Wildman–Crippen MR) is 104 cm³/mol. The number of fused-ring (bicyclic) bond motifs is 1. The Balaban J connectivity index is 1.93. The first-order valence-corrected chi connectivity index (χ1v) is 8.89. The van der Waals surface area contributed by atoms with Gasteiger partial charge in [0.2, 0.25) is 0 Å². The number of allylic oxidation sites excluding steroid dienone is 1. The van der Waals surface area contributed by atoms with Crippen molar-refractivity contribution >= 4 is 22.8 Å². The van der Waals surface area contributed by atoms with E-state index in [0.717, 1.165) is 37.3 Å². The van der Waals surface area contributed by atoms with Crippen LogP contribution < -0.4 is 15.1 Å². The minimum atomic E-state index is -0.0769. The molecule has 1 saturated heterocycles. The summed E-state index contributed by atoms with van der Waals surface area (Å²) in [6.07, 6.45) is 2.01. The molecule has 0 saturated carbocycles. The number of nitrogens with one attached hydrogen (secondary N) is 1. The average molecular weight is 368 g/mol. The molecule has 1 aromatic carbocycles. The van der Waals surface area contributed by atoms with Crippen molar-refractivity contribution in [1.82, 2.24) is 9.97 Å². The number of aromatic nitrogens is 2. The van der Waals surface area contributed by atoms with Gasteiger partial charge in [-0.1, -0.05) is 12.1 Å². The molecular weight excluding hydrogens is 352 g/mol. The van der Waals surface area contributed by atoms with Gasteiger partial charge in [0.1, 0.15) is 35.3 Å². The predicted octanol–water partition coefficient (Wildman–Crippen LogP) is 2.57. The van der Waals surface area contributed by atoms with Gasteiger partial charge in [-0.2, -0.15) is 15.8 Å². The molecular formula is C20H16N8. The molecule has 0 radical (unpaired) electrons. The maximum atomic E-state index is 9.99. The molecule has 1 N–H and O–H groups in total. The number of hydrogen-bond acceptors (Lipinski definition) is 8. The van der Waals surface area contributed by atoms with Gasteiger partial charge in [0.25, 0.3) is 0 Å². The number of nitriles is 3. The topological polar surface area (TPSA) is 116 Å². The summed E-state index contributed by atoms with van der Waals surface area (Å²) in [4.78, 5) is 12.7. The standard InChI is InChI=1S/C20H16N8/c1-27-17-7-3-2-6-14(17)25-19(27)13(10-21)18-20(28-8-4-5-9-28)26-16(12-23)15(11-22)24-18/h2-3,6-7,25H,4-5,8-9H2,1H3/b19-13+. The molecule has 4 rings (SSSR count). The van der Waals surface area contributed by atoms with Crippen LogP contribution in [0.3, 0.4) is 0 Å². The Bertz CT molecular complexity index is 1110. The second-order valence-corrected chi connectivity index (χ2v) is 6.55. The smallest absolute Gasteiger partial charge is 0.179 e. The van der Waals surface area contributed by atoms with Crippen LogP contribution in [0.15, 0.2) is 30.1 Å². The molecule has 8 heteroatoms. The molecule has 28 heavy (non-hydrogen) atoms. The Kier molecular flexibility index (Phi) is 4.27. The van der Waals surface area contributed by atoms with Gasteiger partial charge in [-0.3, -0.25) is 0 Å². The van der Waals surface area contributed by atoms with Crippen LogP contribution in [0, 0.1) is 34.0 Å². The second kappa shape index (κ2) is 6.90. The summed E-state index contributed by atoms with van der Waals surface area (Å²) >= 11 is 0. The number of anilines is 3. The largest absolute Gasteiger partial charge is 0.355 e. The summed E-state index contributed by atoms with van der Waals surface area (Å²) < 4.78 is 0. The highest BCUT2D eigenvalue weighted by Gasteiger charge is 2.29. The first-order valence-electron chi connectivity index (χ1n) is 8.89. The normalized spacial score (nSPS) is 16.6. The van der Waals surface area contributed by atoms with Crippen LogP contribution in [0.25, 0.3) is 5.57 Å². The molecule has 8 nitrogen and oxygen atoms in total. The van der Waals surface area contributed by atoms with Crippen LogP contribution in [0.4, 0.5) is 17.2 Å². The first kappa shape index (κ1) is 17.3. The van der Waals surface area contributed by atoms with E-state index >= 15 is 0 Å². The molecule has 0 unspecified atom stereocenters. The summed E-state index contributed by atoms with van der Waals surface area (Å²) in [5.41, 5.74) is 2.34. The third-order valence-electron chi connectivity index (χ3n) is 4.93. The Hall–Kier alpha value is -4.09. The lowest BCUT2D eigenvalue weighted by molar-refractivity contribution is 0.912. The zero-order chi connectivity index (χ0) is 19.7. The van der Waals surface area contributed by atoms with E-state index in [1.165, 1.54) is 0 Å². The van der Waals surface area contributed by atoms with Crippen molar-refractivity contribution in [2.24, 2.45) is 0 Å². The zero-order valence-electron chi connectivity index (χ0n) is 15.3. The number of rotatable bonds is 2. The van der Waals surface area contributed by atoms with Gasteiger partial charge in [-0.25, -0.2) is 9.97 Å². The highest BCUT2D eigenvalue weighted by atomic mass is 15.3. The SMILES string of the molecule is CN1/C(=C(\C#N)c2nc(C#N)c(C#N)nc2N2CCCC2)Nc2ccccc21. The van der Waals surface area contributed by atoms with Gasteiger partial charge in [0, 0.05) is 20.1 Å². The number of nitrogens with zero attached hydrogens (tertiary/aromatic N) is 7. The highest BCUT2D eigenvalue weighted by molar-refractivity contribution is 5.92. The maximum Gasteiger partial charge on any atom is 0.179 e. The highest BCUT2D eigenvalue weighted by Crippen LogP contribution is 2.39. The van der Waals surface area contributed by atoms with Crippen molar-refractivity contribution in [2.45, 2.75) is 12.8 Å². The molecule has 2 aromatic rings. The first-order chi connectivity index (χ1) is 13.7. The summed E-state index contributed by atoms with van der Waals surface area (Å²) in [5.74, 6) is 1.05. The van der Waals surface area contributed by atoms with Gasteiger partial charge < -0.3 is 15.1 Å². The van der Waals surface area contributed by atoms with Crippen molar-refractivity contribution in [3.63, 3.8) is 0 Å². The number of benzene rings is 1. The molecule has 0 aliphatic carbocycles. The van der Waals surface area contributed by atoms with Gasteiger partial charge in [0.15, 0.2) is 17.2 Å². The Labute approximate surface area is 162 Å². The molecule has 2 aliphatic heterocycles. The molecule has 0 atom stereocenters. The molecule has 0 spiro atoms. The maximum absolute atomic E-state index is 9.99. The second-order valence-electron chi connectivity index (χ2n) is 6.55. The van der Waals surface area contributed by atoms with Crippen LogP contribution in [-0.4, -0.2) is 30.1 Å². The van der Waals surface area contributed by atoms with Crippen LogP contribution in [0.5, 0.6) is 0 Å². The summed E-state index contributed by atoms with van der Waals surface area (Å²) in [5, 5.41) is 32.0. The van der Waals surface area contributed by atoms with Crippen molar-refractivity contribution in [3.8, 4) is 18.2 Å². The quantitative estimate of drug-likeness (QED) is 0.804. The molecule has 3 heterocycles. The molecule has 136 valence electrons. The minimum Gasteiger partial charge on any atom is -0.355 e. The Morgan fingerprint density at radius 3 is 2.36 bits per heavy atom. The number of hydrogen-bond donors (Lipinski definition) is 1. The molecule has 2 aliphatic rings. The van der Waals surface area contributed by atoms with Gasteiger partial charge in [0.05, 0.1) is 11.4 Å². The van der Waals surface area contributed by atoms with Crippen molar-refractivity contribution in [1.29, 1.82) is 15.8 Å². The lowest BCUT2D eigenvalue weighted by Gasteiger charge is -2.21. The fourth-order valence-electron chi connectivity index (χ4n) is 3.55. The third kappa shape index (κ3) is 2.67. The third-order valence-corrected chi connectivity index (χ3v) is 4.93. The number of para-hydroxylation sites is 2. The lowest BCUT2D eigenvalue weighted by atomic mass is 10.1. The van der Waals surface area contributed by atoms with E-state index in [0.29, 0.717) is 17.3 Å². The van der Waals surface area contributed by atoms with Gasteiger partial charge >= 0.3 is 0 Å². The van der Waals surface area contributed by atoms with Gasteiger partial charge in [-0.05, 0) is 25.0 Å². The van der Waals surface area contributed by atoms with Gasteiger partial charge in [-0.15, -0.1) is 0 Å². The monoisotopic (exact) mass is 368 g/mol. The lowest BCUT2D eigenvalue weighted by Crippen LogP contribution is -2.24. The van der Waals surface area contributed by atoms with Crippen molar-refractivity contribution in [2.75, 3.05) is 35.3 Å². The van der Waals surface area contributed by atoms with E-state index < -0.39 is 0 Å². The van der Waals surface area contributed by atoms with Crippen molar-refractivity contribution in [3.05, 3.63) is 47.2 Å². The van der Waals surface area contributed by atoms with Crippen LogP contribution >= 0.6 is 0 Å². The Morgan fingerprint density at radius 1 is 1.04 bits per heavy atom. The fraction of sp³-hybridized carbons (Fsp3) is 0.250. The average Bonchev–Trinajstić information content (AvgIpc) is 3.37. The van der Waals surface area contributed by atoms with Crippen molar-refractivity contribution < 1.29 is 0 Å².